The molecule has 0 atom stereocenters. The summed E-state index contributed by atoms with van der Waals surface area (Å²) in [6, 6.07) is 14.6. The van der Waals surface area contributed by atoms with Crippen LogP contribution >= 0.6 is 24.0 Å². The minimum absolute atomic E-state index is 0. The smallest absolute Gasteiger partial charge is 0.193 e. The zero-order valence-electron chi connectivity index (χ0n) is 14.8. The number of anilines is 1. The molecule has 0 bridgehead atoms. The van der Waals surface area contributed by atoms with Crippen molar-refractivity contribution in [2.24, 2.45) is 10.7 Å². The highest BCUT2D eigenvalue weighted by Gasteiger charge is 2.00. The van der Waals surface area contributed by atoms with Gasteiger partial charge in [-0.05, 0) is 62.3 Å². The summed E-state index contributed by atoms with van der Waals surface area (Å²) >= 11 is 0. The van der Waals surface area contributed by atoms with Crippen LogP contribution in [0.15, 0.2) is 47.5 Å². The van der Waals surface area contributed by atoms with E-state index in [0.717, 1.165) is 17.8 Å². The van der Waals surface area contributed by atoms with Crippen molar-refractivity contribution in [2.45, 2.75) is 26.9 Å². The summed E-state index contributed by atoms with van der Waals surface area (Å²) in [7, 11) is 4.13. The number of benzene rings is 2. The van der Waals surface area contributed by atoms with E-state index in [1.54, 1.807) is 0 Å². The molecule has 0 unspecified atom stereocenters. The lowest BCUT2D eigenvalue weighted by atomic mass is 10.1. The molecule has 0 radical (unpaired) electrons. The highest BCUT2D eigenvalue weighted by molar-refractivity contribution is 14.0. The third-order valence-electron chi connectivity index (χ3n) is 3.70. The van der Waals surface area contributed by atoms with E-state index in [-0.39, 0.29) is 24.0 Å². The van der Waals surface area contributed by atoms with Crippen LogP contribution in [-0.2, 0) is 13.1 Å². The van der Waals surface area contributed by atoms with Gasteiger partial charge in [0, 0.05) is 12.2 Å². The molecule has 4 nitrogen and oxygen atoms in total. The van der Waals surface area contributed by atoms with Gasteiger partial charge in [0.25, 0.3) is 0 Å². The van der Waals surface area contributed by atoms with Gasteiger partial charge in [0.15, 0.2) is 5.96 Å². The van der Waals surface area contributed by atoms with Crippen molar-refractivity contribution >= 4 is 35.6 Å². The second-order valence-electron chi connectivity index (χ2n) is 6.18. The molecule has 0 aliphatic carbocycles. The van der Waals surface area contributed by atoms with E-state index in [2.05, 4.69) is 79.6 Å². The zero-order valence-corrected chi connectivity index (χ0v) is 17.2. The summed E-state index contributed by atoms with van der Waals surface area (Å²) in [6.45, 7) is 5.68. The third kappa shape index (κ3) is 6.49. The average Bonchev–Trinajstić information content (AvgIpc) is 2.49. The Morgan fingerprint density at radius 1 is 1.04 bits per heavy atom. The third-order valence-corrected chi connectivity index (χ3v) is 3.70. The first-order chi connectivity index (χ1) is 10.9. The molecule has 130 valence electrons. The number of nitrogens with two attached hydrogens (primary N) is 1. The molecule has 24 heavy (non-hydrogen) atoms. The molecule has 5 heteroatoms. The van der Waals surface area contributed by atoms with Gasteiger partial charge in [-0.2, -0.15) is 0 Å². The lowest BCUT2D eigenvalue weighted by molar-refractivity contribution is 0.402. The number of guanidine groups is 1. The van der Waals surface area contributed by atoms with Crippen LogP contribution < -0.4 is 11.1 Å². The maximum atomic E-state index is 5.99. The summed E-state index contributed by atoms with van der Waals surface area (Å²) in [4.78, 5) is 6.58. The fourth-order valence-electron chi connectivity index (χ4n) is 2.37. The number of rotatable bonds is 5. The van der Waals surface area contributed by atoms with Gasteiger partial charge < -0.3 is 16.0 Å². The van der Waals surface area contributed by atoms with Crippen LogP contribution in [0.25, 0.3) is 0 Å². The highest BCUT2D eigenvalue weighted by atomic mass is 127. The molecule has 0 aromatic heterocycles. The van der Waals surface area contributed by atoms with Crippen molar-refractivity contribution in [3.63, 3.8) is 0 Å². The van der Waals surface area contributed by atoms with E-state index in [1.807, 2.05) is 6.07 Å². The first-order valence-corrected chi connectivity index (χ1v) is 7.81. The number of aliphatic imine (C=N–C) groups is 1. The van der Waals surface area contributed by atoms with Crippen molar-refractivity contribution < 1.29 is 0 Å². The Morgan fingerprint density at radius 2 is 1.75 bits per heavy atom. The number of hydrogen-bond donors (Lipinski definition) is 2. The molecule has 0 aliphatic heterocycles. The summed E-state index contributed by atoms with van der Waals surface area (Å²) < 4.78 is 0. The lowest BCUT2D eigenvalue weighted by Gasteiger charge is -2.11. The molecule has 0 fully saturated rings. The fraction of sp³-hybridized carbons (Fsp3) is 0.316. The largest absolute Gasteiger partial charge is 0.370 e. The van der Waals surface area contributed by atoms with E-state index >= 15 is 0 Å². The average molecular weight is 438 g/mol. The summed E-state index contributed by atoms with van der Waals surface area (Å²) in [5.74, 6) is 0.436. The Balaban J connectivity index is 0.00000288. The minimum atomic E-state index is 0. The maximum Gasteiger partial charge on any atom is 0.193 e. The molecule has 2 rings (SSSR count). The molecule has 0 spiro atoms. The normalized spacial score (nSPS) is 11.3. The van der Waals surface area contributed by atoms with Crippen molar-refractivity contribution in [3.8, 4) is 0 Å². The van der Waals surface area contributed by atoms with E-state index in [0.29, 0.717) is 12.5 Å². The van der Waals surface area contributed by atoms with Crippen LogP contribution in [0.3, 0.4) is 0 Å². The highest BCUT2D eigenvalue weighted by Crippen LogP contribution is 2.14. The number of nitrogens with zero attached hydrogens (tertiary/aromatic N) is 2. The van der Waals surface area contributed by atoms with Crippen molar-refractivity contribution in [1.82, 2.24) is 4.90 Å². The molecule has 0 aliphatic rings. The van der Waals surface area contributed by atoms with Gasteiger partial charge in [-0.25, -0.2) is 4.99 Å². The Bertz CT molecular complexity index is 696. The van der Waals surface area contributed by atoms with E-state index in [9.17, 15) is 0 Å². The Hall–Kier alpha value is -1.60. The van der Waals surface area contributed by atoms with Gasteiger partial charge in [-0.1, -0.05) is 30.3 Å². The van der Waals surface area contributed by atoms with Crippen molar-refractivity contribution in [1.29, 1.82) is 0 Å². The number of aryl methyl sites for hydroxylation is 2. The number of hydrogen-bond acceptors (Lipinski definition) is 2. The topological polar surface area (TPSA) is 53.6 Å². The van der Waals surface area contributed by atoms with Crippen LogP contribution in [0.1, 0.15) is 22.3 Å². The molecule has 0 heterocycles. The van der Waals surface area contributed by atoms with Crippen LogP contribution in [-0.4, -0.2) is 25.0 Å². The minimum Gasteiger partial charge on any atom is -0.370 e. The second kappa shape index (κ2) is 9.64. The predicted octanol–water partition coefficient (Wildman–Crippen LogP) is 3.91. The Kier molecular flexibility index (Phi) is 8.21. The SMILES string of the molecule is Cc1ccc(NC(N)=NCc2cccc(CN(C)C)c2)cc1C.I. The second-order valence-corrected chi connectivity index (χ2v) is 6.18. The van der Waals surface area contributed by atoms with Gasteiger partial charge in [-0.15, -0.1) is 24.0 Å². The Morgan fingerprint density at radius 3 is 2.42 bits per heavy atom. The van der Waals surface area contributed by atoms with E-state index in [1.165, 1.54) is 16.7 Å². The van der Waals surface area contributed by atoms with E-state index < -0.39 is 0 Å². The summed E-state index contributed by atoms with van der Waals surface area (Å²) in [5, 5.41) is 3.15. The van der Waals surface area contributed by atoms with Gasteiger partial charge >= 0.3 is 0 Å². The molecular formula is C19H27IN4. The predicted molar refractivity (Wildman–Crippen MR) is 114 cm³/mol. The lowest BCUT2D eigenvalue weighted by Crippen LogP contribution is -2.22. The summed E-state index contributed by atoms with van der Waals surface area (Å²) in [6.07, 6.45) is 0. The molecule has 2 aromatic rings. The van der Waals surface area contributed by atoms with Crippen LogP contribution in [0.2, 0.25) is 0 Å². The van der Waals surface area contributed by atoms with E-state index in [4.69, 9.17) is 5.73 Å². The van der Waals surface area contributed by atoms with Gasteiger partial charge in [0.2, 0.25) is 0 Å². The van der Waals surface area contributed by atoms with Gasteiger partial charge in [0.05, 0.1) is 6.54 Å². The zero-order chi connectivity index (χ0) is 16.8. The molecule has 0 amide bonds. The fourth-order valence-corrected chi connectivity index (χ4v) is 2.37. The Labute approximate surface area is 162 Å². The molecule has 3 N–H and O–H groups in total. The molecule has 0 saturated carbocycles. The van der Waals surface area contributed by atoms with Crippen molar-refractivity contribution in [2.75, 3.05) is 19.4 Å². The quantitative estimate of drug-likeness (QED) is 0.423. The van der Waals surface area contributed by atoms with Crippen LogP contribution in [0.5, 0.6) is 0 Å². The maximum absolute atomic E-state index is 5.99. The monoisotopic (exact) mass is 438 g/mol. The number of halogens is 1. The molecular weight excluding hydrogens is 411 g/mol. The number of nitrogens with one attached hydrogen (secondary N) is 1. The molecule has 2 aromatic carbocycles. The van der Waals surface area contributed by atoms with Crippen LogP contribution in [0, 0.1) is 13.8 Å². The standard InChI is InChI=1S/C19H26N4.HI/c1-14-8-9-18(10-15(14)2)22-19(20)21-12-16-6-5-7-17(11-16)13-23(3)4;/h5-11H,12-13H2,1-4H3,(H3,20,21,22);1H. The molecule has 0 saturated heterocycles. The van der Waals surface area contributed by atoms with Crippen molar-refractivity contribution in [3.05, 3.63) is 64.7 Å². The van der Waals surface area contributed by atoms with Gasteiger partial charge in [0.1, 0.15) is 0 Å². The summed E-state index contributed by atoms with van der Waals surface area (Å²) in [5.41, 5.74) is 11.9. The first kappa shape index (κ1) is 20.4. The van der Waals surface area contributed by atoms with Gasteiger partial charge in [-0.3, -0.25) is 0 Å². The van der Waals surface area contributed by atoms with Crippen LogP contribution in [0.4, 0.5) is 5.69 Å². The first-order valence-electron chi connectivity index (χ1n) is 7.81.